The highest BCUT2D eigenvalue weighted by atomic mass is 16.2. The van der Waals surface area contributed by atoms with Crippen LogP contribution in [0.4, 0.5) is 0 Å². The lowest BCUT2D eigenvalue weighted by Gasteiger charge is -2.37. The molecule has 0 unspecified atom stereocenters. The van der Waals surface area contributed by atoms with Gasteiger partial charge < -0.3 is 10.2 Å². The molecule has 1 atom stereocenters. The number of benzene rings is 1. The summed E-state index contributed by atoms with van der Waals surface area (Å²) in [5, 5.41) is 2.94. The van der Waals surface area contributed by atoms with Gasteiger partial charge in [0.2, 0.25) is 5.91 Å². The molecule has 0 saturated carbocycles. The Morgan fingerprint density at radius 2 is 2.24 bits per heavy atom. The number of fused-ring (bicyclic) bond motifs is 1. The Bertz CT molecular complexity index is 403. The van der Waals surface area contributed by atoms with Gasteiger partial charge in [0, 0.05) is 6.54 Å². The predicted octanol–water partition coefficient (Wildman–Crippen LogP) is 1.74. The molecule has 1 heterocycles. The molecule has 3 nitrogen and oxygen atoms in total. The molecule has 3 heteroatoms. The molecule has 1 aromatic rings. The molecule has 1 amide bonds. The Labute approximate surface area is 103 Å². The van der Waals surface area contributed by atoms with Crippen LogP contribution in [0.1, 0.15) is 30.5 Å². The van der Waals surface area contributed by atoms with Crippen LogP contribution in [-0.4, -0.2) is 30.9 Å². The van der Waals surface area contributed by atoms with Crippen LogP contribution in [0.15, 0.2) is 24.3 Å². The first-order chi connectivity index (χ1) is 8.27. The smallest absolute Gasteiger partial charge is 0.237 e. The average Bonchev–Trinajstić information content (AvgIpc) is 2.37. The number of nitrogens with zero attached hydrogens (tertiary/aromatic N) is 1. The first-order valence-electron chi connectivity index (χ1n) is 6.29. The maximum atomic E-state index is 12.0. The number of carbonyl (C=O) groups excluding carboxylic acids is 1. The summed E-state index contributed by atoms with van der Waals surface area (Å²) in [4.78, 5) is 14.1. The lowest BCUT2D eigenvalue weighted by Crippen LogP contribution is -2.43. The lowest BCUT2D eigenvalue weighted by atomic mass is 9.91. The minimum Gasteiger partial charge on any atom is -0.334 e. The maximum absolute atomic E-state index is 12.0. The van der Waals surface area contributed by atoms with Crippen molar-refractivity contribution in [3.8, 4) is 0 Å². The number of carbonyl (C=O) groups is 1. The van der Waals surface area contributed by atoms with Crippen molar-refractivity contribution in [1.29, 1.82) is 0 Å². The fourth-order valence-electron chi connectivity index (χ4n) is 2.64. The summed E-state index contributed by atoms with van der Waals surface area (Å²) in [5.74, 6) is 0.203. The third-order valence-corrected chi connectivity index (χ3v) is 3.45. The minimum atomic E-state index is 0.203. The van der Waals surface area contributed by atoms with E-state index < -0.39 is 0 Å². The molecule has 1 aliphatic rings. The molecule has 0 aliphatic carbocycles. The third-order valence-electron chi connectivity index (χ3n) is 3.45. The van der Waals surface area contributed by atoms with Crippen LogP contribution in [0.5, 0.6) is 0 Å². The molecular weight excluding hydrogens is 212 g/mol. The summed E-state index contributed by atoms with van der Waals surface area (Å²) in [5.41, 5.74) is 2.72. The van der Waals surface area contributed by atoms with Crippen molar-refractivity contribution in [3.05, 3.63) is 35.4 Å². The number of nitrogens with one attached hydrogen (secondary N) is 1. The molecule has 1 aromatic carbocycles. The summed E-state index contributed by atoms with van der Waals surface area (Å²) in [6, 6.07) is 8.73. The molecule has 1 N–H and O–H groups in total. The van der Waals surface area contributed by atoms with E-state index in [1.54, 1.807) is 0 Å². The van der Waals surface area contributed by atoms with E-state index in [2.05, 4.69) is 36.5 Å². The fraction of sp³-hybridized carbons (Fsp3) is 0.500. The highest BCUT2D eigenvalue weighted by Crippen LogP contribution is 2.31. The Kier molecular flexibility index (Phi) is 3.79. The van der Waals surface area contributed by atoms with Gasteiger partial charge in [0.1, 0.15) is 0 Å². The van der Waals surface area contributed by atoms with E-state index in [0.29, 0.717) is 6.54 Å². The van der Waals surface area contributed by atoms with E-state index in [0.717, 1.165) is 19.4 Å². The van der Waals surface area contributed by atoms with Crippen LogP contribution in [-0.2, 0) is 11.2 Å². The zero-order valence-electron chi connectivity index (χ0n) is 10.6. The van der Waals surface area contributed by atoms with E-state index >= 15 is 0 Å². The van der Waals surface area contributed by atoms with Gasteiger partial charge in [0.05, 0.1) is 12.6 Å². The Morgan fingerprint density at radius 1 is 1.47 bits per heavy atom. The minimum absolute atomic E-state index is 0.203. The molecular formula is C14H20N2O. The zero-order chi connectivity index (χ0) is 12.3. The van der Waals surface area contributed by atoms with Crippen molar-refractivity contribution < 1.29 is 4.79 Å². The standard InChI is InChI=1S/C14H20N2O/c1-3-13-12-7-5-4-6-11(12)8-9-16(13)14(17)10-15-2/h4-7,13,15H,3,8-10H2,1-2H3/t13-/m1/s1. The predicted molar refractivity (Wildman–Crippen MR) is 68.8 cm³/mol. The Balaban J connectivity index is 2.26. The topological polar surface area (TPSA) is 32.3 Å². The van der Waals surface area contributed by atoms with E-state index in [4.69, 9.17) is 0 Å². The number of rotatable bonds is 3. The molecule has 0 aromatic heterocycles. The van der Waals surface area contributed by atoms with Gasteiger partial charge in [-0.1, -0.05) is 31.2 Å². The highest BCUT2D eigenvalue weighted by Gasteiger charge is 2.28. The number of hydrogen-bond acceptors (Lipinski definition) is 2. The summed E-state index contributed by atoms with van der Waals surface area (Å²) in [6.07, 6.45) is 1.95. The second kappa shape index (κ2) is 5.32. The fourth-order valence-corrected chi connectivity index (χ4v) is 2.64. The number of likely N-dealkylation sites (N-methyl/N-ethyl adjacent to an activating group) is 1. The largest absolute Gasteiger partial charge is 0.334 e. The van der Waals surface area contributed by atoms with Crippen LogP contribution in [0, 0.1) is 0 Å². The molecule has 0 fully saturated rings. The average molecular weight is 232 g/mol. The Hall–Kier alpha value is -1.35. The second-order valence-electron chi connectivity index (χ2n) is 4.49. The molecule has 0 radical (unpaired) electrons. The van der Waals surface area contributed by atoms with Crippen molar-refractivity contribution in [3.63, 3.8) is 0 Å². The van der Waals surface area contributed by atoms with Crippen LogP contribution < -0.4 is 5.32 Å². The van der Waals surface area contributed by atoms with Gasteiger partial charge in [0.15, 0.2) is 0 Å². The highest BCUT2D eigenvalue weighted by molar-refractivity contribution is 5.79. The quantitative estimate of drug-likeness (QED) is 0.861. The van der Waals surface area contributed by atoms with Gasteiger partial charge in [-0.05, 0) is 31.0 Å². The molecule has 2 rings (SSSR count). The van der Waals surface area contributed by atoms with Crippen molar-refractivity contribution in [2.45, 2.75) is 25.8 Å². The van der Waals surface area contributed by atoms with Gasteiger partial charge in [-0.2, -0.15) is 0 Å². The first-order valence-corrected chi connectivity index (χ1v) is 6.29. The molecule has 92 valence electrons. The lowest BCUT2D eigenvalue weighted by molar-refractivity contribution is -0.133. The van der Waals surface area contributed by atoms with Crippen LogP contribution in [0.2, 0.25) is 0 Å². The van der Waals surface area contributed by atoms with Gasteiger partial charge in [-0.3, -0.25) is 4.79 Å². The summed E-state index contributed by atoms with van der Waals surface area (Å²) in [6.45, 7) is 3.42. The first kappa shape index (κ1) is 12.1. The van der Waals surface area contributed by atoms with Crippen LogP contribution in [0.25, 0.3) is 0 Å². The van der Waals surface area contributed by atoms with Crippen molar-refractivity contribution in [2.24, 2.45) is 0 Å². The zero-order valence-corrected chi connectivity index (χ0v) is 10.6. The Morgan fingerprint density at radius 3 is 2.94 bits per heavy atom. The van der Waals surface area contributed by atoms with Crippen molar-refractivity contribution >= 4 is 5.91 Å². The summed E-state index contributed by atoms with van der Waals surface area (Å²) in [7, 11) is 1.82. The monoisotopic (exact) mass is 232 g/mol. The number of hydrogen-bond donors (Lipinski definition) is 1. The van der Waals surface area contributed by atoms with Crippen molar-refractivity contribution in [2.75, 3.05) is 20.1 Å². The van der Waals surface area contributed by atoms with Crippen molar-refractivity contribution in [1.82, 2.24) is 10.2 Å². The van der Waals surface area contributed by atoms with E-state index in [1.807, 2.05) is 11.9 Å². The third kappa shape index (κ3) is 2.34. The molecule has 1 aliphatic heterocycles. The van der Waals surface area contributed by atoms with Crippen LogP contribution in [0.3, 0.4) is 0 Å². The maximum Gasteiger partial charge on any atom is 0.237 e. The number of amides is 1. The van der Waals surface area contributed by atoms with Crippen LogP contribution >= 0.6 is 0 Å². The van der Waals surface area contributed by atoms with E-state index in [9.17, 15) is 4.79 Å². The SMILES string of the molecule is CC[C@@H]1c2ccccc2CCN1C(=O)CNC. The second-order valence-corrected chi connectivity index (χ2v) is 4.49. The molecule has 0 spiro atoms. The van der Waals surface area contributed by atoms with Gasteiger partial charge >= 0.3 is 0 Å². The van der Waals surface area contributed by atoms with Gasteiger partial charge in [-0.15, -0.1) is 0 Å². The van der Waals surface area contributed by atoms with Gasteiger partial charge in [-0.25, -0.2) is 0 Å². The molecule has 17 heavy (non-hydrogen) atoms. The molecule has 0 bridgehead atoms. The summed E-state index contributed by atoms with van der Waals surface area (Å²) < 4.78 is 0. The van der Waals surface area contributed by atoms with Gasteiger partial charge in [0.25, 0.3) is 0 Å². The summed E-state index contributed by atoms with van der Waals surface area (Å²) >= 11 is 0. The molecule has 0 saturated heterocycles. The van der Waals surface area contributed by atoms with E-state index in [-0.39, 0.29) is 11.9 Å². The normalized spacial score (nSPS) is 18.9. The van der Waals surface area contributed by atoms with E-state index in [1.165, 1.54) is 11.1 Å².